The fourth-order valence-electron chi connectivity index (χ4n) is 3.42. The second-order valence-corrected chi connectivity index (χ2v) is 7.10. The Kier molecular flexibility index (Phi) is 5.61. The molecule has 0 aliphatic carbocycles. The summed E-state index contributed by atoms with van der Waals surface area (Å²) >= 11 is 0. The van der Waals surface area contributed by atoms with Crippen LogP contribution >= 0.6 is 0 Å². The Hall–Kier alpha value is -3.81. The van der Waals surface area contributed by atoms with Crippen molar-refractivity contribution in [2.24, 2.45) is 0 Å². The average molecular weight is 437 g/mol. The Morgan fingerprint density at radius 1 is 0.969 bits per heavy atom. The van der Waals surface area contributed by atoms with Gasteiger partial charge in [-0.15, -0.1) is 0 Å². The molecule has 32 heavy (non-hydrogen) atoms. The van der Waals surface area contributed by atoms with Gasteiger partial charge in [0.25, 0.3) is 0 Å². The predicted molar refractivity (Wildman–Crippen MR) is 114 cm³/mol. The maximum atomic E-state index is 13.5. The van der Waals surface area contributed by atoms with E-state index < -0.39 is 17.6 Å². The fraction of sp³-hybridized carbons (Fsp3) is 0.167. The van der Waals surface area contributed by atoms with E-state index >= 15 is 0 Å². The molecule has 8 heteroatoms. The molecule has 0 radical (unpaired) electrons. The normalized spacial score (nSPS) is 11.5. The first kappa shape index (κ1) is 21.4. The first-order chi connectivity index (χ1) is 15.3. The zero-order valence-corrected chi connectivity index (χ0v) is 17.3. The van der Waals surface area contributed by atoms with Crippen LogP contribution in [0.3, 0.4) is 0 Å². The summed E-state index contributed by atoms with van der Waals surface area (Å²) < 4.78 is 45.7. The van der Waals surface area contributed by atoms with Crippen LogP contribution in [-0.2, 0) is 6.18 Å². The number of carbonyl (C=O) groups excluding carboxylic acids is 1. The van der Waals surface area contributed by atoms with E-state index in [-0.39, 0.29) is 18.0 Å². The highest BCUT2D eigenvalue weighted by Gasteiger charge is 2.35. The minimum Gasteiger partial charge on any atom is -0.478 e. The summed E-state index contributed by atoms with van der Waals surface area (Å²) in [6.45, 7) is 3.15. The van der Waals surface area contributed by atoms with E-state index in [9.17, 15) is 18.0 Å². The molecule has 162 valence electrons. The lowest BCUT2D eigenvalue weighted by Crippen LogP contribution is -2.10. The molecule has 0 spiro atoms. The second-order valence-electron chi connectivity index (χ2n) is 7.10. The lowest BCUT2D eigenvalue weighted by atomic mass is 9.99. The zero-order valence-electron chi connectivity index (χ0n) is 17.3. The van der Waals surface area contributed by atoms with E-state index in [1.807, 2.05) is 6.07 Å². The Balaban J connectivity index is 1.87. The molecule has 0 atom stereocenters. The number of hydrogen-bond donors (Lipinski definition) is 0. The first-order valence-electron chi connectivity index (χ1n) is 9.84. The molecule has 2 heterocycles. The summed E-state index contributed by atoms with van der Waals surface area (Å²) in [5.74, 6) is -0.527. The minimum atomic E-state index is -4.61. The van der Waals surface area contributed by atoms with E-state index in [1.165, 1.54) is 19.4 Å². The number of rotatable bonds is 5. The van der Waals surface area contributed by atoms with Crippen LogP contribution in [-0.4, -0.2) is 27.3 Å². The number of benzene rings is 2. The van der Waals surface area contributed by atoms with Crippen molar-refractivity contribution in [1.29, 1.82) is 0 Å². The SMILES string of the molecule is CCOc1ncc(-c2ccc3ncnc(-c4cccc(C(C)=O)c4)c3c2)cc1C(F)(F)F. The maximum absolute atomic E-state index is 13.5. The molecular weight excluding hydrogens is 419 g/mol. The van der Waals surface area contributed by atoms with Crippen LogP contribution in [0.1, 0.15) is 29.8 Å². The molecule has 4 rings (SSSR count). The standard InChI is InChI=1S/C24H18F3N3O2/c1-3-32-23-20(24(25,26)27)11-18(12-28-23)16-7-8-21-19(10-16)22(30-13-29-21)17-6-4-5-15(9-17)14(2)31/h4-13H,3H2,1-2H3. The van der Waals surface area contributed by atoms with Gasteiger partial charge in [-0.3, -0.25) is 4.79 Å². The number of hydrogen-bond acceptors (Lipinski definition) is 5. The van der Waals surface area contributed by atoms with Crippen LogP contribution in [0.2, 0.25) is 0 Å². The maximum Gasteiger partial charge on any atom is 0.421 e. The molecule has 0 bridgehead atoms. The van der Waals surface area contributed by atoms with Crippen molar-refractivity contribution in [2.45, 2.75) is 20.0 Å². The molecule has 4 aromatic rings. The molecule has 0 fully saturated rings. The summed E-state index contributed by atoms with van der Waals surface area (Å²) in [6, 6.07) is 13.2. The molecule has 0 N–H and O–H groups in total. The van der Waals surface area contributed by atoms with Crippen molar-refractivity contribution in [3.63, 3.8) is 0 Å². The van der Waals surface area contributed by atoms with Crippen LogP contribution < -0.4 is 4.74 Å². The van der Waals surface area contributed by atoms with E-state index in [0.717, 1.165) is 6.07 Å². The molecule has 0 aliphatic rings. The number of carbonyl (C=O) groups is 1. The van der Waals surface area contributed by atoms with E-state index in [4.69, 9.17) is 4.74 Å². The van der Waals surface area contributed by atoms with Crippen molar-refractivity contribution in [3.05, 3.63) is 72.2 Å². The number of Topliss-reactive ketones (excluding diaryl/α,β-unsaturated/α-hetero) is 1. The quantitative estimate of drug-likeness (QED) is 0.360. The number of alkyl halides is 3. The molecule has 0 saturated carbocycles. The lowest BCUT2D eigenvalue weighted by molar-refractivity contribution is -0.139. The van der Waals surface area contributed by atoms with E-state index in [1.54, 1.807) is 43.3 Å². The van der Waals surface area contributed by atoms with Gasteiger partial charge >= 0.3 is 6.18 Å². The Bertz CT molecular complexity index is 1320. The predicted octanol–water partition coefficient (Wildman–Crippen LogP) is 5.98. The van der Waals surface area contributed by atoms with Crippen LogP contribution in [0.25, 0.3) is 33.3 Å². The third-order valence-corrected chi connectivity index (χ3v) is 4.95. The van der Waals surface area contributed by atoms with Gasteiger partial charge in [-0.25, -0.2) is 15.0 Å². The third-order valence-electron chi connectivity index (χ3n) is 4.95. The number of fused-ring (bicyclic) bond motifs is 1. The minimum absolute atomic E-state index is 0.0748. The van der Waals surface area contributed by atoms with Gasteiger partial charge in [0, 0.05) is 28.3 Å². The van der Waals surface area contributed by atoms with E-state index in [0.29, 0.717) is 33.3 Å². The molecule has 0 aliphatic heterocycles. The van der Waals surface area contributed by atoms with Crippen molar-refractivity contribution in [2.75, 3.05) is 6.61 Å². The Labute approximate surface area is 181 Å². The molecule has 0 saturated heterocycles. The van der Waals surface area contributed by atoms with Gasteiger partial charge in [-0.1, -0.05) is 24.3 Å². The average Bonchev–Trinajstić information content (AvgIpc) is 2.78. The summed E-state index contributed by atoms with van der Waals surface area (Å²) in [7, 11) is 0. The highest BCUT2D eigenvalue weighted by Crippen LogP contribution is 2.38. The number of ether oxygens (including phenoxy) is 1. The van der Waals surface area contributed by atoms with Gasteiger partial charge in [0.2, 0.25) is 5.88 Å². The zero-order chi connectivity index (χ0) is 22.9. The summed E-state index contributed by atoms with van der Waals surface area (Å²) in [5.41, 5.74) is 2.33. The van der Waals surface area contributed by atoms with Gasteiger partial charge < -0.3 is 4.74 Å². The third kappa shape index (κ3) is 4.16. The molecule has 2 aromatic carbocycles. The molecular formula is C24H18F3N3O2. The van der Waals surface area contributed by atoms with Gasteiger partial charge in [0.05, 0.1) is 17.8 Å². The monoisotopic (exact) mass is 437 g/mol. The van der Waals surface area contributed by atoms with Crippen LogP contribution in [0.15, 0.2) is 61.1 Å². The van der Waals surface area contributed by atoms with Gasteiger partial charge in [-0.2, -0.15) is 13.2 Å². The summed E-state index contributed by atoms with van der Waals surface area (Å²) in [6.07, 6.45) is -1.84. The number of nitrogens with zero attached hydrogens (tertiary/aromatic N) is 3. The van der Waals surface area contributed by atoms with Crippen LogP contribution in [0, 0.1) is 0 Å². The Morgan fingerprint density at radius 2 is 1.78 bits per heavy atom. The molecule has 0 unspecified atom stereocenters. The number of halogens is 3. The molecule has 0 amide bonds. The molecule has 5 nitrogen and oxygen atoms in total. The highest BCUT2D eigenvalue weighted by atomic mass is 19.4. The largest absolute Gasteiger partial charge is 0.478 e. The number of ketones is 1. The molecule has 2 aromatic heterocycles. The lowest BCUT2D eigenvalue weighted by Gasteiger charge is -2.14. The van der Waals surface area contributed by atoms with Crippen LogP contribution in [0.5, 0.6) is 5.88 Å². The van der Waals surface area contributed by atoms with Crippen molar-refractivity contribution in [1.82, 2.24) is 15.0 Å². The van der Waals surface area contributed by atoms with Gasteiger partial charge in [0.1, 0.15) is 11.9 Å². The number of pyridine rings is 1. The second kappa shape index (κ2) is 8.37. The number of aromatic nitrogens is 3. The van der Waals surface area contributed by atoms with E-state index in [2.05, 4.69) is 15.0 Å². The summed E-state index contributed by atoms with van der Waals surface area (Å²) in [5, 5.41) is 0.646. The highest BCUT2D eigenvalue weighted by molar-refractivity contribution is 5.98. The topological polar surface area (TPSA) is 65.0 Å². The van der Waals surface area contributed by atoms with Crippen molar-refractivity contribution in [3.8, 4) is 28.3 Å². The van der Waals surface area contributed by atoms with Gasteiger partial charge in [-0.05, 0) is 43.7 Å². The Morgan fingerprint density at radius 3 is 2.50 bits per heavy atom. The fourth-order valence-corrected chi connectivity index (χ4v) is 3.42. The first-order valence-corrected chi connectivity index (χ1v) is 9.84. The van der Waals surface area contributed by atoms with Crippen LogP contribution in [0.4, 0.5) is 13.2 Å². The van der Waals surface area contributed by atoms with Crippen molar-refractivity contribution < 1.29 is 22.7 Å². The van der Waals surface area contributed by atoms with Gasteiger partial charge in [0.15, 0.2) is 5.78 Å². The smallest absolute Gasteiger partial charge is 0.421 e. The summed E-state index contributed by atoms with van der Waals surface area (Å²) in [4.78, 5) is 24.3. The van der Waals surface area contributed by atoms with Crippen molar-refractivity contribution >= 4 is 16.7 Å².